The Labute approximate surface area is 181 Å². The van der Waals surface area contributed by atoms with Crippen LogP contribution in [0.2, 0.25) is 0 Å². The number of hydrogen-bond acceptors (Lipinski definition) is 6. The number of methoxy groups -OCH3 is 1. The molecule has 30 heavy (non-hydrogen) atoms. The summed E-state index contributed by atoms with van der Waals surface area (Å²) in [5.74, 6) is 1.81. The molecular formula is C21H26N2O5S2. The molecule has 1 amide bonds. The van der Waals surface area contributed by atoms with Crippen molar-refractivity contribution in [3.8, 4) is 5.75 Å². The third-order valence-corrected chi connectivity index (χ3v) is 7.57. The Morgan fingerprint density at radius 3 is 2.57 bits per heavy atom. The van der Waals surface area contributed by atoms with E-state index in [9.17, 15) is 13.2 Å². The van der Waals surface area contributed by atoms with E-state index in [-0.39, 0.29) is 10.8 Å². The van der Waals surface area contributed by atoms with Crippen LogP contribution < -0.4 is 10.1 Å². The maximum Gasteiger partial charge on any atom is 0.243 e. The standard InChI is InChI=1S/C21H26N2O5S2/c1-27-19-4-2-3-18(13-19)15-29-16-21(24)22-14-17-5-7-20(8-6-17)30(25,26)23-9-11-28-12-10-23/h2-8,13H,9-12,14-16H2,1H3,(H,22,24). The van der Waals surface area contributed by atoms with Crippen LogP contribution in [0.3, 0.4) is 0 Å². The van der Waals surface area contributed by atoms with Crippen LogP contribution in [0.4, 0.5) is 0 Å². The number of ether oxygens (including phenoxy) is 2. The molecule has 1 N–H and O–H groups in total. The summed E-state index contributed by atoms with van der Waals surface area (Å²) >= 11 is 1.53. The zero-order chi connectivity index (χ0) is 21.4. The molecule has 3 rings (SSSR count). The van der Waals surface area contributed by atoms with Gasteiger partial charge in [0.2, 0.25) is 15.9 Å². The third-order valence-electron chi connectivity index (χ3n) is 4.66. The van der Waals surface area contributed by atoms with Gasteiger partial charge in [0.05, 0.1) is 31.0 Å². The smallest absolute Gasteiger partial charge is 0.243 e. The van der Waals surface area contributed by atoms with Gasteiger partial charge >= 0.3 is 0 Å². The maximum absolute atomic E-state index is 12.6. The van der Waals surface area contributed by atoms with Gasteiger partial charge in [0.15, 0.2) is 0 Å². The molecule has 0 spiro atoms. The molecular weight excluding hydrogens is 424 g/mol. The molecule has 1 fully saturated rings. The van der Waals surface area contributed by atoms with Gasteiger partial charge in [-0.2, -0.15) is 4.31 Å². The van der Waals surface area contributed by atoms with Gasteiger partial charge in [0, 0.05) is 25.4 Å². The second kappa shape index (κ2) is 10.8. The molecule has 2 aromatic carbocycles. The van der Waals surface area contributed by atoms with Crippen molar-refractivity contribution in [2.45, 2.75) is 17.2 Å². The van der Waals surface area contributed by atoms with Gasteiger partial charge in [-0.25, -0.2) is 8.42 Å². The molecule has 0 radical (unpaired) electrons. The molecule has 0 atom stereocenters. The van der Waals surface area contributed by atoms with Gasteiger partial charge < -0.3 is 14.8 Å². The van der Waals surface area contributed by atoms with Crippen LogP contribution in [0.5, 0.6) is 5.75 Å². The van der Waals surface area contributed by atoms with Crippen molar-refractivity contribution < 1.29 is 22.7 Å². The van der Waals surface area contributed by atoms with Crippen LogP contribution in [0, 0.1) is 0 Å². The second-order valence-electron chi connectivity index (χ2n) is 6.78. The van der Waals surface area contributed by atoms with E-state index in [0.717, 1.165) is 22.6 Å². The number of carbonyl (C=O) groups is 1. The van der Waals surface area contributed by atoms with Gasteiger partial charge in [-0.05, 0) is 35.4 Å². The zero-order valence-corrected chi connectivity index (χ0v) is 18.5. The molecule has 1 heterocycles. The summed E-state index contributed by atoms with van der Waals surface area (Å²) in [5.41, 5.74) is 1.95. The van der Waals surface area contributed by atoms with Crippen LogP contribution in [-0.4, -0.2) is 57.8 Å². The first-order chi connectivity index (χ1) is 14.5. The average molecular weight is 451 g/mol. The summed E-state index contributed by atoms with van der Waals surface area (Å²) in [6, 6.07) is 14.4. The molecule has 0 unspecified atom stereocenters. The van der Waals surface area contributed by atoms with E-state index in [1.807, 2.05) is 24.3 Å². The molecule has 0 aliphatic carbocycles. The normalized spacial score (nSPS) is 15.0. The summed E-state index contributed by atoms with van der Waals surface area (Å²) in [5, 5.41) is 2.87. The van der Waals surface area contributed by atoms with E-state index in [0.29, 0.717) is 38.6 Å². The van der Waals surface area contributed by atoms with E-state index in [4.69, 9.17) is 9.47 Å². The number of rotatable bonds is 9. The number of thioether (sulfide) groups is 1. The van der Waals surface area contributed by atoms with Crippen LogP contribution in [0.25, 0.3) is 0 Å². The van der Waals surface area contributed by atoms with Gasteiger partial charge in [-0.1, -0.05) is 24.3 Å². The second-order valence-corrected chi connectivity index (χ2v) is 9.71. The fourth-order valence-electron chi connectivity index (χ4n) is 2.99. The van der Waals surface area contributed by atoms with Gasteiger partial charge in [-0.3, -0.25) is 4.79 Å². The molecule has 2 aromatic rings. The summed E-state index contributed by atoms with van der Waals surface area (Å²) < 4.78 is 37.1. The molecule has 1 saturated heterocycles. The first-order valence-electron chi connectivity index (χ1n) is 9.63. The van der Waals surface area contributed by atoms with E-state index in [1.165, 1.54) is 16.1 Å². The van der Waals surface area contributed by atoms with Crippen LogP contribution in [0.1, 0.15) is 11.1 Å². The lowest BCUT2D eigenvalue weighted by atomic mass is 10.2. The Balaban J connectivity index is 1.44. The minimum Gasteiger partial charge on any atom is -0.497 e. The number of carbonyl (C=O) groups excluding carboxylic acids is 1. The van der Waals surface area contributed by atoms with Gasteiger partial charge in [0.1, 0.15) is 5.75 Å². The minimum atomic E-state index is -3.50. The molecule has 0 bridgehead atoms. The van der Waals surface area contributed by atoms with Crippen molar-refractivity contribution in [2.75, 3.05) is 39.2 Å². The quantitative estimate of drug-likeness (QED) is 0.631. The molecule has 1 aliphatic rings. The highest BCUT2D eigenvalue weighted by atomic mass is 32.2. The maximum atomic E-state index is 12.6. The summed E-state index contributed by atoms with van der Waals surface area (Å²) in [7, 11) is -1.87. The molecule has 162 valence electrons. The minimum absolute atomic E-state index is 0.0621. The Bertz CT molecular complexity index is 942. The largest absolute Gasteiger partial charge is 0.497 e. The summed E-state index contributed by atoms with van der Waals surface area (Å²) in [6.45, 7) is 1.93. The highest BCUT2D eigenvalue weighted by Gasteiger charge is 2.26. The number of nitrogens with one attached hydrogen (secondary N) is 1. The summed E-state index contributed by atoms with van der Waals surface area (Å²) in [4.78, 5) is 12.3. The van der Waals surface area contributed by atoms with Crippen molar-refractivity contribution in [3.05, 3.63) is 59.7 Å². The lowest BCUT2D eigenvalue weighted by Crippen LogP contribution is -2.40. The Morgan fingerprint density at radius 2 is 1.87 bits per heavy atom. The van der Waals surface area contributed by atoms with Crippen LogP contribution in [-0.2, 0) is 31.9 Å². The lowest BCUT2D eigenvalue weighted by Gasteiger charge is -2.26. The molecule has 7 nitrogen and oxygen atoms in total. The SMILES string of the molecule is COc1cccc(CSCC(=O)NCc2ccc(S(=O)(=O)N3CCOCC3)cc2)c1. The third kappa shape index (κ3) is 6.21. The predicted molar refractivity (Wildman–Crippen MR) is 117 cm³/mol. The predicted octanol–water partition coefficient (Wildman–Crippen LogP) is 2.27. The first kappa shape index (κ1) is 22.6. The molecule has 0 saturated carbocycles. The van der Waals surface area contributed by atoms with E-state index in [1.54, 1.807) is 31.4 Å². The number of benzene rings is 2. The van der Waals surface area contributed by atoms with Crippen molar-refractivity contribution in [3.63, 3.8) is 0 Å². The lowest BCUT2D eigenvalue weighted by molar-refractivity contribution is -0.118. The Morgan fingerprint density at radius 1 is 1.13 bits per heavy atom. The fraction of sp³-hybridized carbons (Fsp3) is 0.381. The molecule has 9 heteroatoms. The molecule has 1 aliphatic heterocycles. The number of morpholine rings is 1. The molecule has 0 aromatic heterocycles. The highest BCUT2D eigenvalue weighted by Crippen LogP contribution is 2.19. The van der Waals surface area contributed by atoms with Crippen LogP contribution >= 0.6 is 11.8 Å². The van der Waals surface area contributed by atoms with Crippen molar-refractivity contribution in [1.82, 2.24) is 9.62 Å². The zero-order valence-electron chi connectivity index (χ0n) is 16.9. The average Bonchev–Trinajstić information content (AvgIpc) is 2.79. The Hall–Kier alpha value is -2.07. The Kier molecular flexibility index (Phi) is 8.15. The number of nitrogens with zero attached hydrogens (tertiary/aromatic N) is 1. The fourth-order valence-corrected chi connectivity index (χ4v) is 5.20. The van der Waals surface area contributed by atoms with E-state index >= 15 is 0 Å². The van der Waals surface area contributed by atoms with Crippen molar-refractivity contribution >= 4 is 27.7 Å². The number of sulfonamides is 1. The van der Waals surface area contributed by atoms with Gasteiger partial charge in [0.25, 0.3) is 0 Å². The monoisotopic (exact) mass is 450 g/mol. The van der Waals surface area contributed by atoms with Gasteiger partial charge in [-0.15, -0.1) is 11.8 Å². The topological polar surface area (TPSA) is 84.9 Å². The van der Waals surface area contributed by atoms with E-state index in [2.05, 4.69) is 5.32 Å². The van der Waals surface area contributed by atoms with Crippen molar-refractivity contribution in [1.29, 1.82) is 0 Å². The number of hydrogen-bond donors (Lipinski definition) is 1. The first-order valence-corrected chi connectivity index (χ1v) is 12.2. The number of amides is 1. The van der Waals surface area contributed by atoms with E-state index < -0.39 is 10.0 Å². The summed E-state index contributed by atoms with van der Waals surface area (Å²) in [6.07, 6.45) is 0. The van der Waals surface area contributed by atoms with Crippen molar-refractivity contribution in [2.24, 2.45) is 0 Å². The van der Waals surface area contributed by atoms with Crippen LogP contribution in [0.15, 0.2) is 53.4 Å². The highest BCUT2D eigenvalue weighted by molar-refractivity contribution is 7.99.